The summed E-state index contributed by atoms with van der Waals surface area (Å²) >= 11 is 11.6. The number of thiophene rings is 1. The first-order chi connectivity index (χ1) is 8.09. The number of hydrogen-bond acceptors (Lipinski definition) is 2. The lowest BCUT2D eigenvalue weighted by Crippen LogP contribution is -2.11. The van der Waals surface area contributed by atoms with E-state index in [1.165, 1.54) is 11.3 Å². The molecule has 0 bridgehead atoms. The van der Waals surface area contributed by atoms with Crippen LogP contribution in [0.15, 0.2) is 43.1 Å². The number of carbonyl (C=O) groups excluding carboxylic acids is 1. The van der Waals surface area contributed by atoms with Crippen molar-refractivity contribution in [2.45, 2.75) is 0 Å². The molecule has 1 N–H and O–H groups in total. The van der Waals surface area contributed by atoms with E-state index in [-0.39, 0.29) is 5.91 Å². The standard InChI is InChI=1S/C11H6Br3NOS/c12-6-2-1-3-7(13)9(6)15-11(16)10-8(14)4-5-17-10/h1-5H,(H,15,16). The molecule has 17 heavy (non-hydrogen) atoms. The Labute approximate surface area is 128 Å². The summed E-state index contributed by atoms with van der Waals surface area (Å²) in [6.45, 7) is 0. The fraction of sp³-hybridized carbons (Fsp3) is 0. The number of para-hydroxylation sites is 1. The molecule has 2 nitrogen and oxygen atoms in total. The van der Waals surface area contributed by atoms with Crippen LogP contribution in [0.2, 0.25) is 0 Å². The second-order valence-electron chi connectivity index (χ2n) is 3.15. The number of rotatable bonds is 2. The molecule has 2 rings (SSSR count). The topological polar surface area (TPSA) is 29.1 Å². The van der Waals surface area contributed by atoms with Gasteiger partial charge >= 0.3 is 0 Å². The fourth-order valence-corrected chi connectivity index (χ4v) is 3.89. The highest BCUT2D eigenvalue weighted by Crippen LogP contribution is 2.32. The maximum atomic E-state index is 12.0. The summed E-state index contributed by atoms with van der Waals surface area (Å²) < 4.78 is 2.49. The first kappa shape index (κ1) is 13.3. The second-order valence-corrected chi connectivity index (χ2v) is 6.63. The van der Waals surface area contributed by atoms with Gasteiger partial charge in [-0.1, -0.05) is 6.07 Å². The van der Waals surface area contributed by atoms with Crippen molar-refractivity contribution >= 4 is 70.7 Å². The van der Waals surface area contributed by atoms with Crippen LogP contribution in [0.25, 0.3) is 0 Å². The van der Waals surface area contributed by atoms with Gasteiger partial charge in [-0.25, -0.2) is 0 Å². The molecule has 0 unspecified atom stereocenters. The Balaban J connectivity index is 2.28. The van der Waals surface area contributed by atoms with Crippen LogP contribution in [0.4, 0.5) is 5.69 Å². The molecule has 0 aliphatic carbocycles. The van der Waals surface area contributed by atoms with Crippen molar-refractivity contribution in [3.63, 3.8) is 0 Å². The third-order valence-corrected chi connectivity index (χ3v) is 5.18. The van der Waals surface area contributed by atoms with E-state index in [1.807, 2.05) is 29.6 Å². The van der Waals surface area contributed by atoms with Crippen LogP contribution >= 0.6 is 59.1 Å². The number of anilines is 1. The minimum atomic E-state index is -0.125. The molecule has 1 heterocycles. The molecule has 0 atom stereocenters. The van der Waals surface area contributed by atoms with E-state index in [4.69, 9.17) is 0 Å². The molecular weight excluding hydrogens is 434 g/mol. The highest BCUT2D eigenvalue weighted by molar-refractivity contribution is 9.11. The van der Waals surface area contributed by atoms with E-state index in [2.05, 4.69) is 53.1 Å². The molecule has 0 fully saturated rings. The first-order valence-electron chi connectivity index (χ1n) is 4.58. The van der Waals surface area contributed by atoms with E-state index in [1.54, 1.807) is 0 Å². The summed E-state index contributed by atoms with van der Waals surface area (Å²) in [6.07, 6.45) is 0. The zero-order valence-corrected chi connectivity index (χ0v) is 13.9. The molecule has 2 aromatic rings. The van der Waals surface area contributed by atoms with E-state index in [9.17, 15) is 4.79 Å². The van der Waals surface area contributed by atoms with E-state index in [0.717, 1.165) is 19.1 Å². The average molecular weight is 440 g/mol. The highest BCUT2D eigenvalue weighted by Gasteiger charge is 2.14. The zero-order valence-electron chi connectivity index (χ0n) is 8.34. The lowest BCUT2D eigenvalue weighted by molar-refractivity contribution is 0.103. The molecule has 0 aliphatic heterocycles. The van der Waals surface area contributed by atoms with E-state index >= 15 is 0 Å². The average Bonchev–Trinajstić information content (AvgIpc) is 2.70. The molecule has 6 heteroatoms. The Bertz CT molecular complexity index is 547. The lowest BCUT2D eigenvalue weighted by Gasteiger charge is -2.08. The number of benzene rings is 1. The summed E-state index contributed by atoms with van der Waals surface area (Å²) in [6, 6.07) is 7.51. The van der Waals surface area contributed by atoms with E-state index in [0.29, 0.717) is 4.88 Å². The lowest BCUT2D eigenvalue weighted by atomic mass is 10.3. The normalized spacial score (nSPS) is 10.3. The Morgan fingerprint density at radius 3 is 2.24 bits per heavy atom. The Kier molecular flexibility index (Phi) is 4.41. The summed E-state index contributed by atoms with van der Waals surface area (Å²) in [5.41, 5.74) is 0.734. The molecule has 1 aromatic carbocycles. The quantitative estimate of drug-likeness (QED) is 0.677. The number of carbonyl (C=O) groups is 1. The molecule has 0 spiro atoms. The van der Waals surface area contributed by atoms with Crippen LogP contribution in [-0.2, 0) is 0 Å². The van der Waals surface area contributed by atoms with Gasteiger partial charge in [-0.15, -0.1) is 11.3 Å². The van der Waals surface area contributed by atoms with Crippen molar-refractivity contribution in [1.82, 2.24) is 0 Å². The van der Waals surface area contributed by atoms with Crippen LogP contribution in [-0.4, -0.2) is 5.91 Å². The molecule has 1 amide bonds. The molecule has 88 valence electrons. The summed E-state index contributed by atoms with van der Waals surface area (Å²) in [7, 11) is 0. The van der Waals surface area contributed by atoms with Gasteiger partial charge in [0.1, 0.15) is 4.88 Å². The van der Waals surface area contributed by atoms with Crippen LogP contribution in [0, 0.1) is 0 Å². The van der Waals surface area contributed by atoms with E-state index < -0.39 is 0 Å². The summed E-state index contributed by atoms with van der Waals surface area (Å²) in [4.78, 5) is 12.7. The van der Waals surface area contributed by atoms with Gasteiger partial charge in [0.15, 0.2) is 0 Å². The second kappa shape index (κ2) is 5.65. The van der Waals surface area contributed by atoms with Crippen molar-refractivity contribution in [2.75, 3.05) is 5.32 Å². The van der Waals surface area contributed by atoms with Crippen molar-refractivity contribution in [3.8, 4) is 0 Å². The fourth-order valence-electron chi connectivity index (χ4n) is 1.24. The minimum Gasteiger partial charge on any atom is -0.319 e. The Hall–Kier alpha value is -0.170. The molecular formula is C11H6Br3NOS. The van der Waals surface area contributed by atoms with Gasteiger partial charge in [0.2, 0.25) is 0 Å². The SMILES string of the molecule is O=C(Nc1c(Br)cccc1Br)c1sccc1Br. The van der Waals surface area contributed by atoms with Gasteiger partial charge in [0, 0.05) is 13.4 Å². The third-order valence-electron chi connectivity index (χ3n) is 2.02. The van der Waals surface area contributed by atoms with Crippen LogP contribution in [0.3, 0.4) is 0 Å². The van der Waals surface area contributed by atoms with Gasteiger partial charge in [-0.2, -0.15) is 0 Å². The molecule has 0 saturated heterocycles. The van der Waals surface area contributed by atoms with Crippen molar-refractivity contribution < 1.29 is 4.79 Å². The van der Waals surface area contributed by atoms with Gasteiger partial charge in [0.25, 0.3) is 5.91 Å². The molecule has 0 saturated carbocycles. The van der Waals surface area contributed by atoms with Gasteiger partial charge < -0.3 is 5.32 Å². The van der Waals surface area contributed by atoms with Crippen molar-refractivity contribution in [1.29, 1.82) is 0 Å². The third kappa shape index (κ3) is 2.99. The van der Waals surface area contributed by atoms with Crippen LogP contribution in [0.5, 0.6) is 0 Å². The first-order valence-corrected chi connectivity index (χ1v) is 7.84. The monoisotopic (exact) mass is 437 g/mol. The summed E-state index contributed by atoms with van der Waals surface area (Å²) in [5, 5.41) is 4.74. The number of nitrogens with one attached hydrogen (secondary N) is 1. The number of halogens is 3. The largest absolute Gasteiger partial charge is 0.319 e. The Morgan fingerprint density at radius 2 is 1.71 bits per heavy atom. The maximum Gasteiger partial charge on any atom is 0.266 e. The predicted molar refractivity (Wildman–Crippen MR) is 81.8 cm³/mol. The minimum absolute atomic E-state index is 0.125. The summed E-state index contributed by atoms with van der Waals surface area (Å²) in [5.74, 6) is -0.125. The van der Waals surface area contributed by atoms with Gasteiger partial charge in [-0.3, -0.25) is 4.79 Å². The highest BCUT2D eigenvalue weighted by atomic mass is 79.9. The molecule has 0 radical (unpaired) electrons. The Morgan fingerprint density at radius 1 is 1.06 bits per heavy atom. The van der Waals surface area contributed by atoms with Gasteiger partial charge in [-0.05, 0) is 71.4 Å². The van der Waals surface area contributed by atoms with Crippen molar-refractivity contribution in [2.24, 2.45) is 0 Å². The molecule has 1 aromatic heterocycles. The molecule has 0 aliphatic rings. The van der Waals surface area contributed by atoms with Gasteiger partial charge in [0.05, 0.1) is 5.69 Å². The smallest absolute Gasteiger partial charge is 0.266 e. The van der Waals surface area contributed by atoms with Crippen LogP contribution in [0.1, 0.15) is 9.67 Å². The maximum absolute atomic E-state index is 12.0. The van der Waals surface area contributed by atoms with Crippen molar-refractivity contribution in [3.05, 3.63) is 47.9 Å². The predicted octanol–water partition coefficient (Wildman–Crippen LogP) is 5.29. The van der Waals surface area contributed by atoms with Crippen LogP contribution < -0.4 is 5.32 Å². The zero-order chi connectivity index (χ0) is 12.4. The number of amides is 1. The number of hydrogen-bond donors (Lipinski definition) is 1.